The molecule has 1 aromatic carbocycles. The van der Waals surface area contributed by atoms with Crippen LogP contribution in [0.3, 0.4) is 0 Å². The summed E-state index contributed by atoms with van der Waals surface area (Å²) < 4.78 is 0. The molecule has 0 amide bonds. The first-order chi connectivity index (χ1) is 8.00. The zero-order valence-corrected chi connectivity index (χ0v) is 12.1. The van der Waals surface area contributed by atoms with Gasteiger partial charge in [-0.05, 0) is 42.0 Å². The van der Waals surface area contributed by atoms with E-state index in [9.17, 15) is 0 Å². The van der Waals surface area contributed by atoms with E-state index in [0.29, 0.717) is 0 Å². The largest absolute Gasteiger partial charge is 0.312 e. The first-order valence-corrected chi connectivity index (χ1v) is 6.83. The predicted octanol–water partition coefficient (Wildman–Crippen LogP) is 4.36. The van der Waals surface area contributed by atoms with Crippen molar-refractivity contribution in [2.75, 3.05) is 6.54 Å². The topological polar surface area (TPSA) is 12.0 Å². The van der Waals surface area contributed by atoms with Crippen LogP contribution in [0.4, 0.5) is 0 Å². The molecule has 2 heteroatoms. The third-order valence-electron chi connectivity index (χ3n) is 3.34. The van der Waals surface area contributed by atoms with Crippen molar-refractivity contribution < 1.29 is 0 Å². The van der Waals surface area contributed by atoms with Crippen LogP contribution in [0.25, 0.3) is 0 Å². The zero-order chi connectivity index (χ0) is 12.8. The Bertz CT molecular complexity index is 308. The van der Waals surface area contributed by atoms with Gasteiger partial charge in [-0.25, -0.2) is 0 Å². The molecular formula is C15H24ClN. The van der Waals surface area contributed by atoms with Gasteiger partial charge in [0.05, 0.1) is 0 Å². The molecule has 0 unspecified atom stereocenters. The Balaban J connectivity index is 2.38. The Hall–Kier alpha value is -0.530. The van der Waals surface area contributed by atoms with Crippen LogP contribution in [0, 0.1) is 17.8 Å². The van der Waals surface area contributed by atoms with Gasteiger partial charge < -0.3 is 5.32 Å². The molecular weight excluding hydrogens is 230 g/mol. The number of halogens is 1. The summed E-state index contributed by atoms with van der Waals surface area (Å²) in [5, 5.41) is 4.34. The minimum absolute atomic E-state index is 0.729. The van der Waals surface area contributed by atoms with E-state index in [4.69, 9.17) is 11.6 Å². The van der Waals surface area contributed by atoms with Crippen LogP contribution in [0.5, 0.6) is 0 Å². The van der Waals surface area contributed by atoms with Crippen molar-refractivity contribution in [1.82, 2.24) is 5.32 Å². The monoisotopic (exact) mass is 253 g/mol. The maximum absolute atomic E-state index is 5.86. The van der Waals surface area contributed by atoms with Gasteiger partial charge in [0.15, 0.2) is 0 Å². The van der Waals surface area contributed by atoms with Gasteiger partial charge in [0.1, 0.15) is 0 Å². The summed E-state index contributed by atoms with van der Waals surface area (Å²) >= 11 is 5.86. The summed E-state index contributed by atoms with van der Waals surface area (Å²) in [4.78, 5) is 0. The van der Waals surface area contributed by atoms with Crippen LogP contribution in [0.15, 0.2) is 24.3 Å². The molecule has 0 atom stereocenters. The van der Waals surface area contributed by atoms with E-state index in [1.165, 1.54) is 5.56 Å². The molecule has 0 bridgehead atoms. The fourth-order valence-corrected chi connectivity index (χ4v) is 2.35. The van der Waals surface area contributed by atoms with E-state index < -0.39 is 0 Å². The molecule has 0 aliphatic heterocycles. The molecule has 0 aliphatic carbocycles. The lowest BCUT2D eigenvalue weighted by Gasteiger charge is -2.25. The van der Waals surface area contributed by atoms with Crippen molar-refractivity contribution in [1.29, 1.82) is 0 Å². The van der Waals surface area contributed by atoms with E-state index in [1.807, 2.05) is 12.1 Å². The summed E-state index contributed by atoms with van der Waals surface area (Å²) in [6.07, 6.45) is 0. The number of nitrogens with one attached hydrogen (secondary N) is 1. The van der Waals surface area contributed by atoms with Gasteiger partial charge in [0, 0.05) is 11.6 Å². The molecule has 96 valence electrons. The summed E-state index contributed by atoms with van der Waals surface area (Å²) in [6.45, 7) is 11.2. The molecule has 0 aromatic heterocycles. The van der Waals surface area contributed by atoms with Gasteiger partial charge in [-0.15, -0.1) is 0 Å². The molecule has 0 aliphatic rings. The molecule has 0 heterocycles. The number of hydrogen-bond acceptors (Lipinski definition) is 1. The Morgan fingerprint density at radius 3 is 2.00 bits per heavy atom. The minimum Gasteiger partial charge on any atom is -0.312 e. The summed E-state index contributed by atoms with van der Waals surface area (Å²) in [5.41, 5.74) is 1.29. The maximum atomic E-state index is 5.86. The van der Waals surface area contributed by atoms with E-state index in [-0.39, 0.29) is 0 Å². The molecule has 1 nitrogen and oxygen atoms in total. The van der Waals surface area contributed by atoms with Gasteiger partial charge in [-0.3, -0.25) is 0 Å². The number of rotatable bonds is 6. The second kappa shape index (κ2) is 7.03. The van der Waals surface area contributed by atoms with E-state index in [1.54, 1.807) is 0 Å². The van der Waals surface area contributed by atoms with Gasteiger partial charge in [0.2, 0.25) is 0 Å². The molecule has 0 saturated carbocycles. The highest BCUT2D eigenvalue weighted by Crippen LogP contribution is 2.19. The predicted molar refractivity (Wildman–Crippen MR) is 76.3 cm³/mol. The van der Waals surface area contributed by atoms with Gasteiger partial charge in [-0.1, -0.05) is 51.4 Å². The molecule has 1 aromatic rings. The van der Waals surface area contributed by atoms with Gasteiger partial charge in [-0.2, -0.15) is 0 Å². The highest BCUT2D eigenvalue weighted by Gasteiger charge is 2.16. The molecule has 0 spiro atoms. The standard InChI is InChI=1S/C15H24ClN/c1-11(2)15(12(3)4)10-17-9-13-5-7-14(16)8-6-13/h5-8,11-12,15,17H,9-10H2,1-4H3. The first kappa shape index (κ1) is 14.5. The lowest BCUT2D eigenvalue weighted by atomic mass is 9.85. The highest BCUT2D eigenvalue weighted by molar-refractivity contribution is 6.30. The summed E-state index contributed by atoms with van der Waals surface area (Å²) in [6, 6.07) is 8.05. The summed E-state index contributed by atoms with van der Waals surface area (Å²) in [5.74, 6) is 2.20. The van der Waals surface area contributed by atoms with Gasteiger partial charge >= 0.3 is 0 Å². The highest BCUT2D eigenvalue weighted by atomic mass is 35.5. The van der Waals surface area contributed by atoms with Crippen LogP contribution < -0.4 is 5.32 Å². The van der Waals surface area contributed by atoms with Crippen LogP contribution in [0.1, 0.15) is 33.3 Å². The van der Waals surface area contributed by atoms with Crippen molar-refractivity contribution in [3.05, 3.63) is 34.9 Å². The molecule has 1 rings (SSSR count). The number of benzene rings is 1. The maximum Gasteiger partial charge on any atom is 0.0406 e. The Morgan fingerprint density at radius 2 is 1.53 bits per heavy atom. The third kappa shape index (κ3) is 5.10. The molecule has 0 fully saturated rings. The normalized spacial score (nSPS) is 11.8. The second-order valence-electron chi connectivity index (χ2n) is 5.41. The smallest absolute Gasteiger partial charge is 0.0406 e. The lowest BCUT2D eigenvalue weighted by Crippen LogP contribution is -2.29. The Labute approximate surface area is 111 Å². The molecule has 0 saturated heterocycles. The van der Waals surface area contributed by atoms with Crippen molar-refractivity contribution in [2.24, 2.45) is 17.8 Å². The Morgan fingerprint density at radius 1 is 1.00 bits per heavy atom. The molecule has 0 radical (unpaired) electrons. The van der Waals surface area contributed by atoms with Gasteiger partial charge in [0.25, 0.3) is 0 Å². The van der Waals surface area contributed by atoms with Crippen molar-refractivity contribution in [3.8, 4) is 0 Å². The van der Waals surface area contributed by atoms with Crippen LogP contribution >= 0.6 is 11.6 Å². The third-order valence-corrected chi connectivity index (χ3v) is 3.59. The molecule has 17 heavy (non-hydrogen) atoms. The van der Waals surface area contributed by atoms with E-state index >= 15 is 0 Å². The first-order valence-electron chi connectivity index (χ1n) is 6.46. The molecule has 1 N–H and O–H groups in total. The van der Waals surface area contributed by atoms with E-state index in [2.05, 4.69) is 45.1 Å². The minimum atomic E-state index is 0.729. The zero-order valence-electron chi connectivity index (χ0n) is 11.3. The fourth-order valence-electron chi connectivity index (χ4n) is 2.23. The van der Waals surface area contributed by atoms with Crippen LogP contribution in [-0.2, 0) is 6.54 Å². The SMILES string of the molecule is CC(C)C(CNCc1ccc(Cl)cc1)C(C)C. The second-order valence-corrected chi connectivity index (χ2v) is 5.85. The Kier molecular flexibility index (Phi) is 6.01. The van der Waals surface area contributed by atoms with E-state index in [0.717, 1.165) is 35.9 Å². The van der Waals surface area contributed by atoms with Crippen molar-refractivity contribution in [3.63, 3.8) is 0 Å². The average Bonchev–Trinajstić information content (AvgIpc) is 2.25. The van der Waals surface area contributed by atoms with Crippen LogP contribution in [-0.4, -0.2) is 6.54 Å². The number of hydrogen-bond donors (Lipinski definition) is 1. The quantitative estimate of drug-likeness (QED) is 0.795. The average molecular weight is 254 g/mol. The van der Waals surface area contributed by atoms with Crippen molar-refractivity contribution >= 4 is 11.6 Å². The van der Waals surface area contributed by atoms with Crippen LogP contribution in [0.2, 0.25) is 5.02 Å². The van der Waals surface area contributed by atoms with Crippen molar-refractivity contribution in [2.45, 2.75) is 34.2 Å². The lowest BCUT2D eigenvalue weighted by molar-refractivity contribution is 0.275. The fraction of sp³-hybridized carbons (Fsp3) is 0.600. The summed E-state index contributed by atoms with van der Waals surface area (Å²) in [7, 11) is 0.